The van der Waals surface area contributed by atoms with Gasteiger partial charge in [0.25, 0.3) is 0 Å². The normalized spacial score (nSPS) is 27.4. The molecule has 1 aromatic rings. The van der Waals surface area contributed by atoms with E-state index in [1.807, 2.05) is 18.2 Å². The van der Waals surface area contributed by atoms with Crippen LogP contribution >= 0.6 is 11.6 Å². The topological polar surface area (TPSA) is 59.3 Å². The first-order chi connectivity index (χ1) is 8.67. The summed E-state index contributed by atoms with van der Waals surface area (Å²) in [5.74, 6) is 1.18. The molecular formula is C13H20ClN3O. The molecule has 5 heteroatoms. The van der Waals surface area contributed by atoms with Crippen LogP contribution in [0, 0.1) is 5.92 Å². The second-order valence-electron chi connectivity index (χ2n) is 4.69. The highest BCUT2D eigenvalue weighted by molar-refractivity contribution is 6.32. The van der Waals surface area contributed by atoms with Crippen LogP contribution in [0.15, 0.2) is 18.2 Å². The smallest absolute Gasteiger partial charge is 0.137 e. The van der Waals surface area contributed by atoms with Gasteiger partial charge in [-0.1, -0.05) is 17.7 Å². The van der Waals surface area contributed by atoms with Crippen molar-refractivity contribution in [3.63, 3.8) is 0 Å². The van der Waals surface area contributed by atoms with Gasteiger partial charge in [-0.05, 0) is 43.5 Å². The zero-order chi connectivity index (χ0) is 13.1. The third-order valence-corrected chi connectivity index (χ3v) is 3.87. The van der Waals surface area contributed by atoms with Crippen molar-refractivity contribution in [1.29, 1.82) is 0 Å². The first-order valence-electron chi connectivity index (χ1n) is 6.22. The molecule has 3 atom stereocenters. The van der Waals surface area contributed by atoms with E-state index >= 15 is 0 Å². The standard InChI is InChI=1S/C13H20ClN3O/c1-8-10(5-6-15)13(17-16-8)9-3-4-12(18-2)11(14)7-9/h3-4,7-8,10,13,16-17H,5-6,15H2,1-2H3. The largest absolute Gasteiger partial charge is 0.495 e. The number of hydrogen-bond acceptors (Lipinski definition) is 4. The van der Waals surface area contributed by atoms with E-state index in [0.29, 0.717) is 29.3 Å². The van der Waals surface area contributed by atoms with Crippen LogP contribution in [-0.2, 0) is 0 Å². The Morgan fingerprint density at radius 1 is 1.39 bits per heavy atom. The fourth-order valence-corrected chi connectivity index (χ4v) is 2.81. The third-order valence-electron chi connectivity index (χ3n) is 3.57. The summed E-state index contributed by atoms with van der Waals surface area (Å²) in [5.41, 5.74) is 13.4. The van der Waals surface area contributed by atoms with E-state index in [4.69, 9.17) is 22.1 Å². The molecule has 1 saturated heterocycles. The maximum absolute atomic E-state index is 6.17. The molecule has 100 valence electrons. The molecule has 0 radical (unpaired) electrons. The molecular weight excluding hydrogens is 250 g/mol. The highest BCUT2D eigenvalue weighted by atomic mass is 35.5. The first kappa shape index (κ1) is 13.6. The van der Waals surface area contributed by atoms with Gasteiger partial charge < -0.3 is 10.5 Å². The van der Waals surface area contributed by atoms with Gasteiger partial charge in [0.2, 0.25) is 0 Å². The van der Waals surface area contributed by atoms with Crippen molar-refractivity contribution in [1.82, 2.24) is 10.9 Å². The van der Waals surface area contributed by atoms with E-state index in [1.165, 1.54) is 0 Å². The van der Waals surface area contributed by atoms with E-state index in [2.05, 4.69) is 17.8 Å². The number of benzene rings is 1. The van der Waals surface area contributed by atoms with E-state index in [1.54, 1.807) is 7.11 Å². The molecule has 18 heavy (non-hydrogen) atoms. The molecule has 1 aromatic carbocycles. The molecule has 0 spiro atoms. The van der Waals surface area contributed by atoms with Gasteiger partial charge in [0.15, 0.2) is 0 Å². The van der Waals surface area contributed by atoms with Crippen LogP contribution in [0.2, 0.25) is 5.02 Å². The number of methoxy groups -OCH3 is 1. The molecule has 0 aliphatic carbocycles. The Hall–Kier alpha value is -0.810. The van der Waals surface area contributed by atoms with Gasteiger partial charge in [0, 0.05) is 6.04 Å². The van der Waals surface area contributed by atoms with E-state index in [0.717, 1.165) is 12.0 Å². The third kappa shape index (κ3) is 2.62. The molecule has 4 N–H and O–H groups in total. The molecule has 4 nitrogen and oxygen atoms in total. The lowest BCUT2D eigenvalue weighted by Gasteiger charge is -2.21. The summed E-state index contributed by atoms with van der Waals surface area (Å²) in [7, 11) is 1.62. The summed E-state index contributed by atoms with van der Waals surface area (Å²) >= 11 is 6.17. The molecule has 1 aliphatic rings. The number of nitrogens with two attached hydrogens (primary N) is 1. The average molecular weight is 270 g/mol. The van der Waals surface area contributed by atoms with Gasteiger partial charge in [-0.2, -0.15) is 0 Å². The number of nitrogens with one attached hydrogen (secondary N) is 2. The van der Waals surface area contributed by atoms with Gasteiger partial charge in [-0.3, -0.25) is 5.43 Å². The second kappa shape index (κ2) is 5.89. The summed E-state index contributed by atoms with van der Waals surface area (Å²) < 4.78 is 5.17. The Kier molecular flexibility index (Phi) is 4.45. The molecule has 0 amide bonds. The van der Waals surface area contributed by atoms with Crippen LogP contribution in [-0.4, -0.2) is 19.7 Å². The fraction of sp³-hybridized carbons (Fsp3) is 0.538. The SMILES string of the molecule is COc1ccc(C2NNC(C)C2CCN)cc1Cl. The molecule has 2 rings (SSSR count). The molecule has 0 bridgehead atoms. The Bertz CT molecular complexity index is 413. The number of rotatable bonds is 4. The highest BCUT2D eigenvalue weighted by Crippen LogP contribution is 2.34. The Morgan fingerprint density at radius 3 is 2.78 bits per heavy atom. The fourth-order valence-electron chi connectivity index (χ4n) is 2.54. The minimum atomic E-state index is 0.243. The van der Waals surface area contributed by atoms with Crippen molar-refractivity contribution in [2.45, 2.75) is 25.4 Å². The number of halogens is 1. The second-order valence-corrected chi connectivity index (χ2v) is 5.10. The maximum atomic E-state index is 6.17. The van der Waals surface area contributed by atoms with Gasteiger partial charge in [0.05, 0.1) is 18.2 Å². The number of hydrazine groups is 1. The quantitative estimate of drug-likeness (QED) is 0.781. The lowest BCUT2D eigenvalue weighted by molar-refractivity contribution is 0.405. The predicted octanol–water partition coefficient (Wildman–Crippen LogP) is 1.85. The van der Waals surface area contributed by atoms with E-state index < -0.39 is 0 Å². The first-order valence-corrected chi connectivity index (χ1v) is 6.59. The van der Waals surface area contributed by atoms with Gasteiger partial charge in [-0.15, -0.1) is 0 Å². The summed E-state index contributed by atoms with van der Waals surface area (Å²) in [6.07, 6.45) is 0.982. The summed E-state index contributed by atoms with van der Waals surface area (Å²) in [6, 6.07) is 6.56. The van der Waals surface area contributed by atoms with Crippen molar-refractivity contribution in [3.8, 4) is 5.75 Å². The maximum Gasteiger partial charge on any atom is 0.137 e. The van der Waals surface area contributed by atoms with E-state index in [9.17, 15) is 0 Å². The van der Waals surface area contributed by atoms with Crippen LogP contribution < -0.4 is 21.3 Å². The van der Waals surface area contributed by atoms with Crippen LogP contribution in [0.1, 0.15) is 24.9 Å². The molecule has 1 aliphatic heterocycles. The molecule has 0 saturated carbocycles. The van der Waals surface area contributed by atoms with Crippen LogP contribution in [0.3, 0.4) is 0 Å². The van der Waals surface area contributed by atoms with Gasteiger partial charge in [-0.25, -0.2) is 5.43 Å². The predicted molar refractivity (Wildman–Crippen MR) is 73.6 cm³/mol. The van der Waals surface area contributed by atoms with Crippen molar-refractivity contribution in [2.75, 3.05) is 13.7 Å². The van der Waals surface area contributed by atoms with Crippen LogP contribution in [0.5, 0.6) is 5.75 Å². The monoisotopic (exact) mass is 269 g/mol. The number of hydrogen-bond donors (Lipinski definition) is 3. The lowest BCUT2D eigenvalue weighted by Crippen LogP contribution is -2.29. The molecule has 1 heterocycles. The lowest BCUT2D eigenvalue weighted by atomic mass is 9.88. The summed E-state index contributed by atoms with van der Waals surface area (Å²) in [6.45, 7) is 2.86. The van der Waals surface area contributed by atoms with Crippen LogP contribution in [0.4, 0.5) is 0 Å². The van der Waals surface area contributed by atoms with Crippen LogP contribution in [0.25, 0.3) is 0 Å². The highest BCUT2D eigenvalue weighted by Gasteiger charge is 2.33. The molecule has 1 fully saturated rings. The van der Waals surface area contributed by atoms with Crippen molar-refractivity contribution >= 4 is 11.6 Å². The van der Waals surface area contributed by atoms with Gasteiger partial charge >= 0.3 is 0 Å². The van der Waals surface area contributed by atoms with Crippen molar-refractivity contribution in [2.24, 2.45) is 11.7 Å². The van der Waals surface area contributed by atoms with E-state index in [-0.39, 0.29) is 6.04 Å². The zero-order valence-corrected chi connectivity index (χ0v) is 11.5. The van der Waals surface area contributed by atoms with Gasteiger partial charge in [0.1, 0.15) is 5.75 Å². The summed E-state index contributed by atoms with van der Waals surface area (Å²) in [5, 5.41) is 0.642. The average Bonchev–Trinajstić information content (AvgIpc) is 2.72. The minimum Gasteiger partial charge on any atom is -0.495 e. The Morgan fingerprint density at radius 2 is 2.17 bits per heavy atom. The molecule has 0 aromatic heterocycles. The Labute approximate surface area is 113 Å². The Balaban J connectivity index is 2.22. The summed E-state index contributed by atoms with van der Waals surface area (Å²) in [4.78, 5) is 0. The van der Waals surface area contributed by atoms with Crippen molar-refractivity contribution in [3.05, 3.63) is 28.8 Å². The number of ether oxygens (including phenoxy) is 1. The molecule has 3 unspecified atom stereocenters. The minimum absolute atomic E-state index is 0.243. The van der Waals surface area contributed by atoms with Crippen molar-refractivity contribution < 1.29 is 4.74 Å². The zero-order valence-electron chi connectivity index (χ0n) is 10.7.